The lowest BCUT2D eigenvalue weighted by atomic mass is 10.3. The molecule has 0 aromatic carbocycles. The van der Waals surface area contributed by atoms with Gasteiger partial charge in [-0.05, 0) is 13.3 Å². The summed E-state index contributed by atoms with van der Waals surface area (Å²) in [5.41, 5.74) is 0. The van der Waals surface area contributed by atoms with Gasteiger partial charge in [0.2, 0.25) is 0 Å². The van der Waals surface area contributed by atoms with Crippen molar-refractivity contribution in [2.75, 3.05) is 13.7 Å². The maximum Gasteiger partial charge on any atom is 0.309 e. The van der Waals surface area contributed by atoms with Crippen molar-refractivity contribution in [3.05, 3.63) is 12.2 Å². The zero-order valence-electron chi connectivity index (χ0n) is 9.29. The van der Waals surface area contributed by atoms with Crippen LogP contribution in [0.5, 0.6) is 0 Å². The fourth-order valence-corrected chi connectivity index (χ4v) is 0.862. The molecule has 82 valence electrons. The SMILES string of the molecule is CCC=CCC(=O)OCCC(C)OC. The van der Waals surface area contributed by atoms with Gasteiger partial charge in [-0.1, -0.05) is 19.1 Å². The van der Waals surface area contributed by atoms with Gasteiger partial charge < -0.3 is 9.47 Å². The summed E-state index contributed by atoms with van der Waals surface area (Å²) in [5.74, 6) is -0.169. The molecule has 0 rings (SSSR count). The first kappa shape index (κ1) is 13.2. The second-order valence-corrected chi connectivity index (χ2v) is 3.14. The first-order chi connectivity index (χ1) is 6.70. The van der Waals surface area contributed by atoms with E-state index >= 15 is 0 Å². The number of hydrogen-bond donors (Lipinski definition) is 0. The monoisotopic (exact) mass is 200 g/mol. The molecule has 0 aliphatic heterocycles. The van der Waals surface area contributed by atoms with Crippen LogP contribution in [-0.4, -0.2) is 25.8 Å². The molecule has 0 saturated carbocycles. The van der Waals surface area contributed by atoms with Crippen molar-refractivity contribution in [3.8, 4) is 0 Å². The summed E-state index contributed by atoms with van der Waals surface area (Å²) in [6, 6.07) is 0. The highest BCUT2D eigenvalue weighted by Gasteiger charge is 2.02. The highest BCUT2D eigenvalue weighted by atomic mass is 16.5. The van der Waals surface area contributed by atoms with E-state index in [4.69, 9.17) is 9.47 Å². The Bertz CT molecular complexity index is 175. The average molecular weight is 200 g/mol. The van der Waals surface area contributed by atoms with E-state index < -0.39 is 0 Å². The minimum atomic E-state index is -0.169. The zero-order chi connectivity index (χ0) is 10.8. The van der Waals surface area contributed by atoms with Crippen LogP contribution in [0.15, 0.2) is 12.2 Å². The van der Waals surface area contributed by atoms with Crippen LogP contribution < -0.4 is 0 Å². The van der Waals surface area contributed by atoms with Crippen molar-refractivity contribution in [1.29, 1.82) is 0 Å². The third kappa shape index (κ3) is 7.80. The molecule has 0 aromatic rings. The van der Waals surface area contributed by atoms with Crippen molar-refractivity contribution < 1.29 is 14.3 Å². The Hall–Kier alpha value is -0.830. The number of allylic oxidation sites excluding steroid dienone is 1. The standard InChI is InChI=1S/C11H20O3/c1-4-5-6-7-11(12)14-9-8-10(2)13-3/h5-6,10H,4,7-9H2,1-3H3. The molecule has 3 heteroatoms. The van der Waals surface area contributed by atoms with E-state index in [1.165, 1.54) is 0 Å². The topological polar surface area (TPSA) is 35.5 Å². The number of esters is 1. The third-order valence-corrected chi connectivity index (χ3v) is 1.88. The van der Waals surface area contributed by atoms with Gasteiger partial charge in [0, 0.05) is 13.5 Å². The van der Waals surface area contributed by atoms with E-state index in [-0.39, 0.29) is 12.1 Å². The molecule has 0 aliphatic rings. The summed E-state index contributed by atoms with van der Waals surface area (Å²) in [5, 5.41) is 0. The lowest BCUT2D eigenvalue weighted by Crippen LogP contribution is -2.12. The summed E-state index contributed by atoms with van der Waals surface area (Å²) in [6.45, 7) is 4.42. The van der Waals surface area contributed by atoms with Crippen LogP contribution in [0.2, 0.25) is 0 Å². The Morgan fingerprint density at radius 3 is 2.71 bits per heavy atom. The lowest BCUT2D eigenvalue weighted by molar-refractivity contribution is -0.143. The second-order valence-electron chi connectivity index (χ2n) is 3.14. The molecule has 3 nitrogen and oxygen atoms in total. The summed E-state index contributed by atoms with van der Waals surface area (Å²) in [7, 11) is 1.65. The Morgan fingerprint density at radius 2 is 2.14 bits per heavy atom. The fraction of sp³-hybridized carbons (Fsp3) is 0.727. The number of carbonyl (C=O) groups is 1. The first-order valence-electron chi connectivity index (χ1n) is 5.04. The highest BCUT2D eigenvalue weighted by Crippen LogP contribution is 1.97. The third-order valence-electron chi connectivity index (χ3n) is 1.88. The largest absolute Gasteiger partial charge is 0.465 e. The molecule has 0 saturated heterocycles. The molecule has 0 aliphatic carbocycles. The van der Waals surface area contributed by atoms with Gasteiger partial charge in [-0.25, -0.2) is 0 Å². The second kappa shape index (κ2) is 8.75. The Kier molecular flexibility index (Phi) is 8.24. The quantitative estimate of drug-likeness (QED) is 0.467. The van der Waals surface area contributed by atoms with Crippen LogP contribution in [0.3, 0.4) is 0 Å². The molecule has 1 unspecified atom stereocenters. The number of rotatable bonds is 7. The van der Waals surface area contributed by atoms with Gasteiger partial charge in [0.1, 0.15) is 0 Å². The van der Waals surface area contributed by atoms with E-state index in [1.54, 1.807) is 7.11 Å². The number of carbonyl (C=O) groups excluding carboxylic acids is 1. The number of methoxy groups -OCH3 is 1. The molecule has 1 atom stereocenters. The van der Waals surface area contributed by atoms with E-state index in [9.17, 15) is 4.79 Å². The molecule has 14 heavy (non-hydrogen) atoms. The summed E-state index contributed by atoms with van der Waals surface area (Å²) in [6.07, 6.45) is 6.01. The average Bonchev–Trinajstić information content (AvgIpc) is 2.18. The van der Waals surface area contributed by atoms with Crippen LogP contribution in [0.25, 0.3) is 0 Å². The Labute approximate surface area is 86.1 Å². The Morgan fingerprint density at radius 1 is 1.43 bits per heavy atom. The van der Waals surface area contributed by atoms with Crippen molar-refractivity contribution in [1.82, 2.24) is 0 Å². The predicted octanol–water partition coefficient (Wildman–Crippen LogP) is 2.31. The summed E-state index contributed by atoms with van der Waals surface area (Å²) in [4.78, 5) is 11.1. The van der Waals surface area contributed by atoms with Gasteiger partial charge in [-0.3, -0.25) is 4.79 Å². The van der Waals surface area contributed by atoms with Gasteiger partial charge in [-0.2, -0.15) is 0 Å². The lowest BCUT2D eigenvalue weighted by Gasteiger charge is -2.08. The van der Waals surface area contributed by atoms with Crippen molar-refractivity contribution in [3.63, 3.8) is 0 Å². The normalized spacial score (nSPS) is 13.1. The van der Waals surface area contributed by atoms with Gasteiger partial charge >= 0.3 is 5.97 Å². The molecule has 0 heterocycles. The maximum absolute atomic E-state index is 11.1. The number of hydrogen-bond acceptors (Lipinski definition) is 3. The molecule has 0 aromatic heterocycles. The predicted molar refractivity (Wildman–Crippen MR) is 56.1 cm³/mol. The minimum Gasteiger partial charge on any atom is -0.465 e. The maximum atomic E-state index is 11.1. The van der Waals surface area contributed by atoms with Crippen molar-refractivity contribution >= 4 is 5.97 Å². The number of ether oxygens (including phenoxy) is 2. The molecule has 0 spiro atoms. The zero-order valence-corrected chi connectivity index (χ0v) is 9.29. The summed E-state index contributed by atoms with van der Waals surface area (Å²) < 4.78 is 10.0. The van der Waals surface area contributed by atoms with Gasteiger partial charge in [0.05, 0.1) is 19.1 Å². The van der Waals surface area contributed by atoms with E-state index in [1.807, 2.05) is 26.0 Å². The van der Waals surface area contributed by atoms with Crippen LogP contribution in [-0.2, 0) is 14.3 Å². The van der Waals surface area contributed by atoms with Gasteiger partial charge in [0.15, 0.2) is 0 Å². The molecule has 0 fully saturated rings. The van der Waals surface area contributed by atoms with Crippen LogP contribution >= 0.6 is 0 Å². The van der Waals surface area contributed by atoms with Crippen LogP contribution in [0.1, 0.15) is 33.1 Å². The van der Waals surface area contributed by atoms with E-state index in [2.05, 4.69) is 0 Å². The van der Waals surface area contributed by atoms with E-state index in [0.29, 0.717) is 13.0 Å². The molecule has 0 bridgehead atoms. The molecule has 0 amide bonds. The van der Waals surface area contributed by atoms with Crippen molar-refractivity contribution in [2.45, 2.75) is 39.2 Å². The Balaban J connectivity index is 3.40. The molecule has 0 radical (unpaired) electrons. The van der Waals surface area contributed by atoms with Gasteiger partial charge in [-0.15, -0.1) is 0 Å². The van der Waals surface area contributed by atoms with Crippen LogP contribution in [0, 0.1) is 0 Å². The fourth-order valence-electron chi connectivity index (χ4n) is 0.862. The highest BCUT2D eigenvalue weighted by molar-refractivity contribution is 5.71. The van der Waals surface area contributed by atoms with Gasteiger partial charge in [0.25, 0.3) is 0 Å². The summed E-state index contributed by atoms with van der Waals surface area (Å²) >= 11 is 0. The molecular formula is C11H20O3. The van der Waals surface area contributed by atoms with Crippen molar-refractivity contribution in [2.24, 2.45) is 0 Å². The molecule has 0 N–H and O–H groups in total. The smallest absolute Gasteiger partial charge is 0.309 e. The first-order valence-corrected chi connectivity index (χ1v) is 5.04. The van der Waals surface area contributed by atoms with Crippen LogP contribution in [0.4, 0.5) is 0 Å². The van der Waals surface area contributed by atoms with E-state index in [0.717, 1.165) is 12.8 Å². The molecular weight excluding hydrogens is 180 g/mol. The minimum absolute atomic E-state index is 0.147.